The molecule has 448 valence electrons. The monoisotopic (exact) mass is 1290 g/mol. The normalized spacial score (nSPS) is 11.3. The highest BCUT2D eigenvalue weighted by Crippen LogP contribution is 2.39. The first-order chi connectivity index (χ1) is 44.4. The van der Waals surface area contributed by atoms with Gasteiger partial charge in [0, 0.05) is 46.0 Å². The van der Waals surface area contributed by atoms with Gasteiger partial charge in [0.1, 0.15) is 0 Å². The van der Waals surface area contributed by atoms with Crippen molar-refractivity contribution in [1.29, 1.82) is 0 Å². The van der Waals surface area contributed by atoms with Gasteiger partial charge in [-0.05, 0) is 242 Å². The van der Waals surface area contributed by atoms with E-state index in [1.54, 1.807) is 11.8 Å². The van der Waals surface area contributed by atoms with Crippen LogP contribution in [0.2, 0.25) is 0 Å². The molecule has 0 spiro atoms. The van der Waals surface area contributed by atoms with E-state index in [0.29, 0.717) is 25.7 Å². The van der Waals surface area contributed by atoms with Gasteiger partial charge in [-0.3, -0.25) is 0 Å². The Bertz CT molecular complexity index is 3610. The highest BCUT2D eigenvalue weighted by Gasteiger charge is 2.32. The summed E-state index contributed by atoms with van der Waals surface area (Å²) >= 11 is 3.57. The molecule has 0 aliphatic heterocycles. The number of aliphatic hydroxyl groups excluding tert-OH is 4. The summed E-state index contributed by atoms with van der Waals surface area (Å²) < 4.78 is 0. The molecule has 0 saturated heterocycles. The standard InChI is InChI=1S/C44H44O4S3.C36H28S3/c45-29-25-33-1-13-39(14-2-33)50(40-15-3-34(4-16-40)26-30-46)43-21-9-37(10-22-43)49-38-11-23-44(24-12-38)51(41-17-5-35(6-18-41)27-31-47)42-19-7-36(8-20-42)28-32-48;1-5-13-31(14-6-1)38(32-15-7-2-8-16-32)35-25-21-29(22-26-35)37-30-23-27-36(28-24-30)39(33-17-9-3-10-18-33)34-19-11-4-12-20-34/h1-24,45-48H,25-32H2;1-28H/q2*+2. The smallest absolute Gasteiger partial charge is 0.166 e. The molecule has 0 aromatic heterocycles. The van der Waals surface area contributed by atoms with Gasteiger partial charge in [-0.15, -0.1) is 0 Å². The summed E-state index contributed by atoms with van der Waals surface area (Å²) in [5.41, 5.74) is 4.50. The van der Waals surface area contributed by atoms with Gasteiger partial charge >= 0.3 is 0 Å². The van der Waals surface area contributed by atoms with Crippen LogP contribution >= 0.6 is 23.5 Å². The molecular weight excluding hydrogens is 1220 g/mol. The summed E-state index contributed by atoms with van der Waals surface area (Å²) in [6.07, 6.45) is 2.59. The molecule has 90 heavy (non-hydrogen) atoms. The largest absolute Gasteiger partial charge is 0.396 e. The molecule has 0 amide bonds. The van der Waals surface area contributed by atoms with Crippen LogP contribution in [0.4, 0.5) is 0 Å². The van der Waals surface area contributed by atoms with Crippen molar-refractivity contribution in [2.24, 2.45) is 0 Å². The van der Waals surface area contributed by atoms with E-state index in [1.165, 1.54) is 78.3 Å². The molecule has 0 aliphatic carbocycles. The minimum Gasteiger partial charge on any atom is -0.396 e. The third-order valence-electron chi connectivity index (χ3n) is 14.9. The highest BCUT2D eigenvalue weighted by atomic mass is 32.2. The van der Waals surface area contributed by atoms with Crippen LogP contribution in [0.3, 0.4) is 0 Å². The SMILES string of the molecule is OCCc1ccc([S+](c2ccc(CCO)cc2)c2ccc(Sc3ccc([S+](c4ccc(CCO)cc4)c4ccc(CCO)cc4)cc3)cc2)cc1.c1ccc([S+](c2ccccc2)c2ccc(Sc3ccc([S+](c4ccccc4)c4ccccc4)cc3)cc2)cc1. The van der Waals surface area contributed by atoms with Gasteiger partial charge in [-0.25, -0.2) is 0 Å². The summed E-state index contributed by atoms with van der Waals surface area (Å²) in [6.45, 7) is 0.556. The maximum atomic E-state index is 9.40. The van der Waals surface area contributed by atoms with Crippen molar-refractivity contribution in [2.75, 3.05) is 26.4 Å². The molecule has 0 heterocycles. The van der Waals surface area contributed by atoms with Gasteiger partial charge in [0.15, 0.2) is 58.7 Å². The van der Waals surface area contributed by atoms with Crippen molar-refractivity contribution < 1.29 is 20.4 Å². The second kappa shape index (κ2) is 33.1. The van der Waals surface area contributed by atoms with Crippen molar-refractivity contribution in [3.05, 3.63) is 338 Å². The topological polar surface area (TPSA) is 80.9 Å². The van der Waals surface area contributed by atoms with Crippen LogP contribution in [0.1, 0.15) is 22.3 Å². The van der Waals surface area contributed by atoms with E-state index in [4.69, 9.17) is 0 Å². The Morgan fingerprint density at radius 3 is 0.478 bits per heavy atom. The van der Waals surface area contributed by atoms with E-state index in [2.05, 4.69) is 315 Å². The zero-order chi connectivity index (χ0) is 61.7. The molecule has 0 saturated carbocycles. The number of benzene rings is 12. The fourth-order valence-electron chi connectivity index (χ4n) is 10.4. The van der Waals surface area contributed by atoms with Crippen LogP contribution in [0, 0.1) is 0 Å². The van der Waals surface area contributed by atoms with Crippen LogP contribution < -0.4 is 0 Å². The Labute approximate surface area is 551 Å². The molecule has 0 unspecified atom stereocenters. The fraction of sp³-hybridized carbons (Fsp3) is 0.100. The molecule has 4 N–H and O–H groups in total. The lowest BCUT2D eigenvalue weighted by Gasteiger charge is -2.11. The van der Waals surface area contributed by atoms with Crippen LogP contribution in [0.5, 0.6) is 0 Å². The predicted molar refractivity (Wildman–Crippen MR) is 377 cm³/mol. The lowest BCUT2D eigenvalue weighted by Crippen LogP contribution is -2.06. The Kier molecular flexibility index (Phi) is 23.6. The lowest BCUT2D eigenvalue weighted by atomic mass is 10.2. The van der Waals surface area contributed by atoms with E-state index in [9.17, 15) is 20.4 Å². The number of aliphatic hydroxyl groups is 4. The van der Waals surface area contributed by atoms with E-state index in [0.717, 1.165) is 22.3 Å². The summed E-state index contributed by atoms with van der Waals surface area (Å²) in [4.78, 5) is 20.2. The number of hydrogen-bond acceptors (Lipinski definition) is 6. The van der Waals surface area contributed by atoms with Crippen molar-refractivity contribution >= 4 is 67.1 Å². The van der Waals surface area contributed by atoms with E-state index in [-0.39, 0.29) is 70.0 Å². The summed E-state index contributed by atoms with van der Waals surface area (Å²) in [5, 5.41) is 37.6. The summed E-state index contributed by atoms with van der Waals surface area (Å²) in [5.74, 6) is 0. The Balaban J connectivity index is 0.000000192. The van der Waals surface area contributed by atoms with Gasteiger partial charge in [-0.2, -0.15) is 0 Å². The van der Waals surface area contributed by atoms with Crippen LogP contribution in [0.15, 0.2) is 394 Å². The van der Waals surface area contributed by atoms with Gasteiger partial charge in [-0.1, -0.05) is 145 Å². The molecule has 0 bridgehead atoms. The molecule has 0 radical (unpaired) electrons. The lowest BCUT2D eigenvalue weighted by molar-refractivity contribution is 0.299. The van der Waals surface area contributed by atoms with Crippen LogP contribution in [-0.2, 0) is 69.3 Å². The van der Waals surface area contributed by atoms with Crippen molar-refractivity contribution in [3.8, 4) is 0 Å². The minimum absolute atomic E-state index is 0.123. The molecule has 10 heteroatoms. The van der Waals surface area contributed by atoms with Crippen molar-refractivity contribution in [3.63, 3.8) is 0 Å². The first-order valence-electron chi connectivity index (χ1n) is 30.2. The van der Waals surface area contributed by atoms with Crippen molar-refractivity contribution in [1.82, 2.24) is 0 Å². The zero-order valence-corrected chi connectivity index (χ0v) is 54.8. The van der Waals surface area contributed by atoms with Gasteiger partial charge < -0.3 is 20.4 Å². The molecule has 0 aliphatic rings. The Hall–Kier alpha value is -7.42. The first-order valence-corrected chi connectivity index (χ1v) is 36.7. The molecule has 0 fully saturated rings. The summed E-state index contributed by atoms with van der Waals surface area (Å²) in [7, 11) is -0.851. The second-order valence-corrected chi connectivity index (χ2v) is 31.4. The fourth-order valence-corrected chi connectivity index (χ4v) is 20.3. The highest BCUT2D eigenvalue weighted by molar-refractivity contribution is 8.00. The van der Waals surface area contributed by atoms with Gasteiger partial charge in [0.05, 0.1) is 43.6 Å². The van der Waals surface area contributed by atoms with Gasteiger partial charge in [0.2, 0.25) is 0 Å². The third-order valence-corrected chi connectivity index (χ3v) is 25.8. The molecule has 0 atom stereocenters. The second-order valence-electron chi connectivity index (χ2n) is 21.0. The van der Waals surface area contributed by atoms with E-state index < -0.39 is 0 Å². The van der Waals surface area contributed by atoms with E-state index in [1.807, 2.05) is 11.8 Å². The first kappa shape index (κ1) is 64.1. The average Bonchev–Trinajstić information content (AvgIpc) is 1.59. The van der Waals surface area contributed by atoms with Crippen molar-refractivity contribution in [2.45, 2.75) is 104 Å². The molecule has 4 nitrogen and oxygen atoms in total. The average molecular weight is 1290 g/mol. The summed E-state index contributed by atoms with van der Waals surface area (Å²) in [6, 6.07) is 114. The van der Waals surface area contributed by atoms with Gasteiger partial charge in [0.25, 0.3) is 0 Å². The minimum atomic E-state index is -0.303. The molecule has 12 aromatic rings. The van der Waals surface area contributed by atoms with Crippen LogP contribution in [-0.4, -0.2) is 46.9 Å². The molecule has 12 aromatic carbocycles. The molecule has 12 rings (SSSR count). The quantitative estimate of drug-likeness (QED) is 0.0452. The molecular formula is C80H72O4S6+4. The maximum absolute atomic E-state index is 9.40. The number of hydrogen-bond donors (Lipinski definition) is 4. The maximum Gasteiger partial charge on any atom is 0.166 e. The Morgan fingerprint density at radius 2 is 0.322 bits per heavy atom. The number of rotatable bonds is 24. The zero-order valence-electron chi connectivity index (χ0n) is 49.9. The third kappa shape index (κ3) is 17.1. The predicted octanol–water partition coefficient (Wildman–Crippen LogP) is 18.2. The van der Waals surface area contributed by atoms with Crippen LogP contribution in [0.25, 0.3) is 0 Å². The van der Waals surface area contributed by atoms with E-state index >= 15 is 0 Å². The Morgan fingerprint density at radius 1 is 0.178 bits per heavy atom.